The Morgan fingerprint density at radius 3 is 2.88 bits per heavy atom. The molecule has 1 aromatic carbocycles. The smallest absolute Gasteiger partial charge is 0.223 e. The third-order valence-electron chi connectivity index (χ3n) is 5.83. The molecule has 0 amide bonds. The van der Waals surface area contributed by atoms with Gasteiger partial charge in [0.2, 0.25) is 5.88 Å². The summed E-state index contributed by atoms with van der Waals surface area (Å²) in [5, 5.41) is 5.92. The first-order valence-electron chi connectivity index (χ1n) is 11.0. The van der Waals surface area contributed by atoms with Gasteiger partial charge in [0.25, 0.3) is 0 Å². The number of aromatic nitrogens is 4. The van der Waals surface area contributed by atoms with E-state index in [0.717, 1.165) is 47.1 Å². The molecule has 1 atom stereocenters. The Kier molecular flexibility index (Phi) is 6.01. The number of nitrogens with zero attached hydrogens (tertiary/aromatic N) is 5. The fourth-order valence-corrected chi connectivity index (χ4v) is 4.40. The molecule has 0 radical (unpaired) electrons. The summed E-state index contributed by atoms with van der Waals surface area (Å²) in [4.78, 5) is 20.4. The largest absolute Gasteiger partial charge is 0.476 e. The molecule has 1 fully saturated rings. The minimum Gasteiger partial charge on any atom is -0.476 e. The van der Waals surface area contributed by atoms with Crippen LogP contribution < -0.4 is 10.1 Å². The van der Waals surface area contributed by atoms with E-state index in [1.54, 1.807) is 12.5 Å². The van der Waals surface area contributed by atoms with Crippen LogP contribution >= 0.6 is 11.6 Å². The van der Waals surface area contributed by atoms with Crippen molar-refractivity contribution in [2.45, 2.75) is 25.8 Å². The third-order valence-corrected chi connectivity index (χ3v) is 6.14. The molecule has 32 heavy (non-hydrogen) atoms. The van der Waals surface area contributed by atoms with Gasteiger partial charge in [-0.25, -0.2) is 15.0 Å². The van der Waals surface area contributed by atoms with Gasteiger partial charge in [0.1, 0.15) is 18.5 Å². The van der Waals surface area contributed by atoms with Crippen molar-refractivity contribution in [3.63, 3.8) is 0 Å². The van der Waals surface area contributed by atoms with Gasteiger partial charge in [0, 0.05) is 12.7 Å². The summed E-state index contributed by atoms with van der Waals surface area (Å²) in [5.74, 6) is 1.24. The average molecular weight is 449 g/mol. The summed E-state index contributed by atoms with van der Waals surface area (Å²) >= 11 is 6.52. The molecule has 1 aliphatic rings. The molecule has 164 valence electrons. The van der Waals surface area contributed by atoms with Crippen molar-refractivity contribution in [1.82, 2.24) is 24.8 Å². The standard InChI is InChI=1S/C24H25ClN6O/c1-16(29-23-22-19(27-15-28-23)8-5-9-26-22)20-14-17-6-4-7-18(25)21(17)24(30-20)32-13-12-31-10-2-3-11-31/h4-9,14-16H,2-3,10-13H2,1H3,(H,27,28,29)/t16-/m0/s1. The Balaban J connectivity index is 1.43. The molecule has 0 unspecified atom stereocenters. The molecule has 3 aromatic heterocycles. The van der Waals surface area contributed by atoms with Gasteiger partial charge in [-0.1, -0.05) is 23.7 Å². The van der Waals surface area contributed by atoms with Gasteiger partial charge in [0.15, 0.2) is 5.82 Å². The van der Waals surface area contributed by atoms with E-state index in [0.29, 0.717) is 23.3 Å². The number of hydrogen-bond donors (Lipinski definition) is 1. The lowest BCUT2D eigenvalue weighted by Crippen LogP contribution is -2.25. The minimum atomic E-state index is -0.126. The van der Waals surface area contributed by atoms with E-state index in [1.807, 2.05) is 43.3 Å². The van der Waals surface area contributed by atoms with Crippen LogP contribution in [0.4, 0.5) is 5.82 Å². The Hall–Kier alpha value is -3.03. The number of ether oxygens (including phenoxy) is 1. The second-order valence-corrected chi connectivity index (χ2v) is 8.45. The summed E-state index contributed by atoms with van der Waals surface area (Å²) in [6.45, 7) is 5.80. The Bertz CT molecular complexity index is 1240. The zero-order valence-corrected chi connectivity index (χ0v) is 18.7. The normalized spacial score (nSPS) is 15.3. The van der Waals surface area contributed by atoms with Crippen molar-refractivity contribution in [3.8, 4) is 5.88 Å². The Morgan fingerprint density at radius 1 is 1.12 bits per heavy atom. The molecule has 0 saturated carbocycles. The maximum absolute atomic E-state index is 6.52. The number of hydrogen-bond acceptors (Lipinski definition) is 7. The van der Waals surface area contributed by atoms with Gasteiger partial charge in [-0.05, 0) is 62.5 Å². The quantitative estimate of drug-likeness (QED) is 0.432. The minimum absolute atomic E-state index is 0.126. The van der Waals surface area contributed by atoms with E-state index in [2.05, 4.69) is 25.2 Å². The second-order valence-electron chi connectivity index (χ2n) is 8.05. The predicted octanol–water partition coefficient (Wildman–Crippen LogP) is 4.87. The number of halogens is 1. The summed E-state index contributed by atoms with van der Waals surface area (Å²) < 4.78 is 6.17. The van der Waals surface area contributed by atoms with Crippen molar-refractivity contribution in [2.24, 2.45) is 0 Å². The van der Waals surface area contributed by atoms with Crippen LogP contribution in [0.25, 0.3) is 21.8 Å². The first-order chi connectivity index (χ1) is 15.7. The fraction of sp³-hybridized carbons (Fsp3) is 0.333. The highest BCUT2D eigenvalue weighted by molar-refractivity contribution is 6.36. The van der Waals surface area contributed by atoms with Crippen LogP contribution in [0.15, 0.2) is 48.9 Å². The number of benzene rings is 1. The monoisotopic (exact) mass is 448 g/mol. The van der Waals surface area contributed by atoms with Crippen molar-refractivity contribution in [2.75, 3.05) is 31.6 Å². The number of rotatable bonds is 7. The molecule has 1 aliphatic heterocycles. The van der Waals surface area contributed by atoms with Gasteiger partial charge < -0.3 is 10.1 Å². The molecule has 0 bridgehead atoms. The summed E-state index contributed by atoms with van der Waals surface area (Å²) in [6, 6.07) is 11.6. The van der Waals surface area contributed by atoms with Crippen LogP contribution in [-0.2, 0) is 0 Å². The van der Waals surface area contributed by atoms with Crippen LogP contribution in [0.5, 0.6) is 5.88 Å². The molecule has 0 aliphatic carbocycles. The summed E-state index contributed by atoms with van der Waals surface area (Å²) in [5.41, 5.74) is 2.37. The van der Waals surface area contributed by atoms with Gasteiger partial charge in [-0.3, -0.25) is 9.88 Å². The van der Waals surface area contributed by atoms with Crippen LogP contribution in [0.1, 0.15) is 31.5 Å². The zero-order valence-electron chi connectivity index (χ0n) is 18.0. The van der Waals surface area contributed by atoms with E-state index in [-0.39, 0.29) is 6.04 Å². The molecule has 7 nitrogen and oxygen atoms in total. The zero-order chi connectivity index (χ0) is 21.9. The van der Waals surface area contributed by atoms with Crippen molar-refractivity contribution >= 4 is 39.2 Å². The second kappa shape index (κ2) is 9.22. The van der Waals surface area contributed by atoms with Gasteiger partial charge in [0.05, 0.1) is 27.7 Å². The van der Waals surface area contributed by atoms with E-state index in [9.17, 15) is 0 Å². The number of fused-ring (bicyclic) bond motifs is 2. The first kappa shape index (κ1) is 20.8. The highest BCUT2D eigenvalue weighted by Crippen LogP contribution is 2.33. The summed E-state index contributed by atoms with van der Waals surface area (Å²) in [7, 11) is 0. The maximum Gasteiger partial charge on any atom is 0.223 e. The Morgan fingerprint density at radius 2 is 2.00 bits per heavy atom. The highest BCUT2D eigenvalue weighted by Gasteiger charge is 2.17. The fourth-order valence-electron chi connectivity index (χ4n) is 4.13. The highest BCUT2D eigenvalue weighted by atomic mass is 35.5. The van der Waals surface area contributed by atoms with E-state index >= 15 is 0 Å². The first-order valence-corrected chi connectivity index (χ1v) is 11.3. The molecule has 1 N–H and O–H groups in total. The Labute approximate surface area is 191 Å². The van der Waals surface area contributed by atoms with Crippen LogP contribution in [0, 0.1) is 0 Å². The predicted molar refractivity (Wildman–Crippen MR) is 127 cm³/mol. The molecule has 8 heteroatoms. The lowest BCUT2D eigenvalue weighted by Gasteiger charge is -2.19. The lowest BCUT2D eigenvalue weighted by atomic mass is 10.1. The molecule has 4 heterocycles. The third kappa shape index (κ3) is 4.31. The van der Waals surface area contributed by atoms with E-state index in [4.69, 9.17) is 21.3 Å². The molecule has 4 aromatic rings. The maximum atomic E-state index is 6.52. The van der Waals surface area contributed by atoms with Gasteiger partial charge in [-0.15, -0.1) is 0 Å². The summed E-state index contributed by atoms with van der Waals surface area (Å²) in [6.07, 6.45) is 5.81. The molecule has 0 spiro atoms. The van der Waals surface area contributed by atoms with Gasteiger partial charge >= 0.3 is 0 Å². The average Bonchev–Trinajstić information content (AvgIpc) is 3.33. The SMILES string of the molecule is C[C@H](Nc1ncnc2cccnc12)c1cc2cccc(Cl)c2c(OCCN2CCCC2)n1. The van der Waals surface area contributed by atoms with Gasteiger partial charge in [-0.2, -0.15) is 0 Å². The van der Waals surface area contributed by atoms with Crippen molar-refractivity contribution in [3.05, 3.63) is 59.6 Å². The lowest BCUT2D eigenvalue weighted by molar-refractivity contribution is 0.233. The molecule has 5 rings (SSSR count). The van der Waals surface area contributed by atoms with Crippen molar-refractivity contribution in [1.29, 1.82) is 0 Å². The number of likely N-dealkylation sites (tertiary alicyclic amines) is 1. The number of nitrogens with one attached hydrogen (secondary N) is 1. The number of anilines is 1. The number of pyridine rings is 2. The van der Waals surface area contributed by atoms with Crippen LogP contribution in [0.2, 0.25) is 5.02 Å². The topological polar surface area (TPSA) is 76.1 Å². The molecular weight excluding hydrogens is 424 g/mol. The van der Waals surface area contributed by atoms with E-state index in [1.165, 1.54) is 12.8 Å². The van der Waals surface area contributed by atoms with E-state index < -0.39 is 0 Å². The van der Waals surface area contributed by atoms with Crippen LogP contribution in [-0.4, -0.2) is 51.1 Å². The van der Waals surface area contributed by atoms with Crippen LogP contribution in [0.3, 0.4) is 0 Å². The van der Waals surface area contributed by atoms with Crippen molar-refractivity contribution < 1.29 is 4.74 Å². The molecule has 1 saturated heterocycles. The molecular formula is C24H25ClN6O.